The molecule has 1 fully saturated rings. The summed E-state index contributed by atoms with van der Waals surface area (Å²) in [4.78, 5) is 24.2. The highest BCUT2D eigenvalue weighted by atomic mass is 35.5. The van der Waals surface area contributed by atoms with E-state index >= 15 is 0 Å². The Hall–Kier alpha value is -2.61. The number of hydrogen-bond acceptors (Lipinski definition) is 5. The van der Waals surface area contributed by atoms with Crippen LogP contribution in [-0.4, -0.2) is 28.4 Å². The first-order valence-corrected chi connectivity index (χ1v) is 10.2. The molecule has 148 valence electrons. The Balaban J connectivity index is 1.50. The normalized spacial score (nSPS) is 17.9. The molecule has 1 aliphatic rings. The molecule has 0 bridgehead atoms. The molecule has 1 heterocycles. The second-order valence-corrected chi connectivity index (χ2v) is 7.92. The van der Waals surface area contributed by atoms with Gasteiger partial charge in [-0.05, 0) is 29.8 Å². The predicted molar refractivity (Wildman–Crippen MR) is 121 cm³/mol. The Labute approximate surface area is 182 Å². The van der Waals surface area contributed by atoms with Crippen molar-refractivity contribution in [1.82, 2.24) is 5.32 Å². The van der Waals surface area contributed by atoms with Crippen molar-refractivity contribution in [3.8, 4) is 0 Å². The van der Waals surface area contributed by atoms with E-state index in [4.69, 9.17) is 23.2 Å². The number of carbonyl (C=O) groups excluding carboxylic acids is 2. The molecule has 0 aromatic heterocycles. The maximum atomic E-state index is 12.2. The van der Waals surface area contributed by atoms with Gasteiger partial charge in [-0.1, -0.05) is 71.4 Å². The van der Waals surface area contributed by atoms with Gasteiger partial charge in [-0.25, -0.2) is 0 Å². The fraction of sp³-hybridized carbons (Fsp3) is 0.100. The van der Waals surface area contributed by atoms with Crippen LogP contribution in [0.3, 0.4) is 0 Å². The molecule has 3 rings (SSSR count). The third-order valence-corrected chi connectivity index (χ3v) is 5.55. The zero-order valence-corrected chi connectivity index (χ0v) is 17.3. The lowest BCUT2D eigenvalue weighted by Gasteiger charge is -2.08. The van der Waals surface area contributed by atoms with Crippen molar-refractivity contribution >= 4 is 69.9 Å². The predicted octanol–water partition coefficient (Wildman–Crippen LogP) is 4.61. The van der Waals surface area contributed by atoms with Crippen LogP contribution in [0.5, 0.6) is 0 Å². The number of nitrogens with zero attached hydrogens (tertiary/aromatic N) is 2. The van der Waals surface area contributed by atoms with Crippen molar-refractivity contribution in [3.63, 3.8) is 0 Å². The van der Waals surface area contributed by atoms with Gasteiger partial charge in [0.2, 0.25) is 11.8 Å². The smallest absolute Gasteiger partial charge is 0.240 e. The van der Waals surface area contributed by atoms with Crippen molar-refractivity contribution in [1.29, 1.82) is 0 Å². The van der Waals surface area contributed by atoms with Crippen LogP contribution in [0.2, 0.25) is 10.0 Å². The lowest BCUT2D eigenvalue weighted by Crippen LogP contribution is -2.28. The minimum Gasteiger partial charge on any atom is -0.326 e. The van der Waals surface area contributed by atoms with Crippen LogP contribution in [0.15, 0.2) is 64.8 Å². The molecular weight excluding hydrogens is 431 g/mol. The molecule has 2 N–H and O–H groups in total. The molecular formula is C20H16Cl2N4O2S. The van der Waals surface area contributed by atoms with Gasteiger partial charge < -0.3 is 10.6 Å². The maximum Gasteiger partial charge on any atom is 0.240 e. The number of hydrogen-bond donors (Lipinski definition) is 2. The van der Waals surface area contributed by atoms with Gasteiger partial charge in [0.05, 0.1) is 10.0 Å². The zero-order valence-electron chi connectivity index (χ0n) is 15.0. The average Bonchev–Trinajstić information content (AvgIpc) is 3.04. The number of thioether (sulfide) groups is 1. The van der Waals surface area contributed by atoms with Gasteiger partial charge in [-0.2, -0.15) is 5.10 Å². The van der Waals surface area contributed by atoms with Crippen LogP contribution in [-0.2, 0) is 9.59 Å². The topological polar surface area (TPSA) is 82.9 Å². The number of nitrogens with one attached hydrogen (secondary N) is 2. The van der Waals surface area contributed by atoms with Gasteiger partial charge in [0.1, 0.15) is 5.25 Å². The highest BCUT2D eigenvalue weighted by Crippen LogP contribution is 2.26. The summed E-state index contributed by atoms with van der Waals surface area (Å²) in [6.45, 7) is 0. The summed E-state index contributed by atoms with van der Waals surface area (Å²) in [5.74, 6) is -0.598. The molecule has 0 radical (unpaired) electrons. The van der Waals surface area contributed by atoms with Crippen LogP contribution < -0.4 is 10.6 Å². The van der Waals surface area contributed by atoms with Crippen molar-refractivity contribution in [2.45, 2.75) is 11.7 Å². The summed E-state index contributed by atoms with van der Waals surface area (Å²) < 4.78 is 0. The second-order valence-electron chi connectivity index (χ2n) is 5.92. The van der Waals surface area contributed by atoms with Crippen molar-refractivity contribution in [2.75, 3.05) is 5.32 Å². The number of anilines is 1. The van der Waals surface area contributed by atoms with Crippen LogP contribution in [0, 0.1) is 0 Å². The Morgan fingerprint density at radius 1 is 1.17 bits per heavy atom. The summed E-state index contributed by atoms with van der Waals surface area (Å²) in [6, 6.07) is 14.5. The SMILES string of the molecule is O=C(CC1S/C(=N/N=C/C=C/c2ccccc2)NC1=O)Nc1ccc(Cl)c(Cl)c1. The Morgan fingerprint density at radius 2 is 1.97 bits per heavy atom. The van der Waals surface area contributed by atoms with E-state index in [1.807, 2.05) is 36.4 Å². The standard InChI is InChI=1S/C20H16Cl2N4O2S/c21-15-9-8-14(11-16(15)22)24-18(27)12-17-19(28)25-20(29-17)26-23-10-4-7-13-5-2-1-3-6-13/h1-11,17H,12H2,(H,24,27)(H,25,26,28)/b7-4+,23-10+. The summed E-state index contributed by atoms with van der Waals surface area (Å²) >= 11 is 12.9. The Morgan fingerprint density at radius 3 is 2.72 bits per heavy atom. The Kier molecular flexibility index (Phi) is 7.46. The fourth-order valence-electron chi connectivity index (χ4n) is 2.38. The quantitative estimate of drug-likeness (QED) is 0.501. The van der Waals surface area contributed by atoms with E-state index in [0.29, 0.717) is 20.9 Å². The highest BCUT2D eigenvalue weighted by molar-refractivity contribution is 8.15. The first-order valence-electron chi connectivity index (χ1n) is 8.56. The van der Waals surface area contributed by atoms with E-state index in [1.165, 1.54) is 6.21 Å². The van der Waals surface area contributed by atoms with E-state index in [1.54, 1.807) is 24.3 Å². The summed E-state index contributed by atoms with van der Waals surface area (Å²) in [5.41, 5.74) is 1.56. The van der Waals surface area contributed by atoms with Crippen molar-refractivity contribution in [3.05, 3.63) is 70.2 Å². The maximum absolute atomic E-state index is 12.2. The van der Waals surface area contributed by atoms with E-state index < -0.39 is 5.25 Å². The minimum atomic E-state index is -0.577. The molecule has 2 aromatic carbocycles. The highest BCUT2D eigenvalue weighted by Gasteiger charge is 2.32. The van der Waals surface area contributed by atoms with Crippen LogP contribution >= 0.6 is 35.0 Å². The van der Waals surface area contributed by atoms with Crippen molar-refractivity contribution in [2.24, 2.45) is 10.2 Å². The van der Waals surface area contributed by atoms with Crippen LogP contribution in [0.4, 0.5) is 5.69 Å². The number of allylic oxidation sites excluding steroid dienone is 1. The number of amides is 2. The van der Waals surface area contributed by atoms with Gasteiger partial charge in [0.25, 0.3) is 0 Å². The second kappa shape index (κ2) is 10.2. The lowest BCUT2D eigenvalue weighted by molar-refractivity contribution is -0.122. The molecule has 29 heavy (non-hydrogen) atoms. The number of carbonyl (C=O) groups is 2. The third-order valence-electron chi connectivity index (χ3n) is 3.74. The Bertz CT molecular complexity index is 993. The van der Waals surface area contributed by atoms with E-state index in [2.05, 4.69) is 20.8 Å². The summed E-state index contributed by atoms with van der Waals surface area (Å²) in [7, 11) is 0. The van der Waals surface area contributed by atoms with Gasteiger partial charge in [-0.3, -0.25) is 9.59 Å². The summed E-state index contributed by atoms with van der Waals surface area (Å²) in [6.07, 6.45) is 5.16. The first kappa shape index (κ1) is 21.1. The largest absolute Gasteiger partial charge is 0.326 e. The number of amidine groups is 1. The van der Waals surface area contributed by atoms with Gasteiger partial charge in [-0.15, -0.1) is 5.10 Å². The molecule has 0 spiro atoms. The number of rotatable bonds is 6. The number of halogens is 2. The third kappa shape index (κ3) is 6.45. The molecule has 1 aliphatic heterocycles. The number of benzene rings is 2. The molecule has 0 saturated carbocycles. The molecule has 1 unspecified atom stereocenters. The van der Waals surface area contributed by atoms with E-state index in [-0.39, 0.29) is 18.2 Å². The zero-order chi connectivity index (χ0) is 20.6. The molecule has 2 amide bonds. The first-order chi connectivity index (χ1) is 14.0. The average molecular weight is 447 g/mol. The van der Waals surface area contributed by atoms with Crippen LogP contribution in [0.1, 0.15) is 12.0 Å². The van der Waals surface area contributed by atoms with Gasteiger partial charge in [0.15, 0.2) is 5.17 Å². The minimum absolute atomic E-state index is 0.00656. The van der Waals surface area contributed by atoms with Gasteiger partial charge in [0, 0.05) is 18.3 Å². The monoisotopic (exact) mass is 446 g/mol. The fourth-order valence-corrected chi connectivity index (χ4v) is 3.61. The van der Waals surface area contributed by atoms with E-state index in [0.717, 1.165) is 17.3 Å². The van der Waals surface area contributed by atoms with Crippen molar-refractivity contribution < 1.29 is 9.59 Å². The molecule has 9 heteroatoms. The van der Waals surface area contributed by atoms with E-state index in [9.17, 15) is 9.59 Å². The molecule has 1 saturated heterocycles. The lowest BCUT2D eigenvalue weighted by atomic mass is 10.2. The molecule has 2 aromatic rings. The van der Waals surface area contributed by atoms with Crippen LogP contribution in [0.25, 0.3) is 6.08 Å². The molecule has 1 atom stereocenters. The van der Waals surface area contributed by atoms with Gasteiger partial charge >= 0.3 is 0 Å². The summed E-state index contributed by atoms with van der Waals surface area (Å²) in [5, 5.41) is 13.7. The molecule has 0 aliphatic carbocycles. The molecule has 6 nitrogen and oxygen atoms in total.